The summed E-state index contributed by atoms with van der Waals surface area (Å²) in [5.74, 6) is 0.0528. The summed E-state index contributed by atoms with van der Waals surface area (Å²) in [6.45, 7) is 1.96. The molecule has 0 spiro atoms. The lowest BCUT2D eigenvalue weighted by atomic mass is 9.79. The highest BCUT2D eigenvalue weighted by Gasteiger charge is 2.31. The van der Waals surface area contributed by atoms with Gasteiger partial charge < -0.3 is 4.98 Å². The van der Waals surface area contributed by atoms with E-state index in [4.69, 9.17) is 0 Å². The van der Waals surface area contributed by atoms with Crippen LogP contribution >= 0.6 is 0 Å². The third kappa shape index (κ3) is 2.36. The van der Waals surface area contributed by atoms with Crippen LogP contribution in [0.25, 0.3) is 22.4 Å². The standard InChI is InChI=1S/C18H15FN4O/c1-18(9-16(24)23-20-10-18)11-6-7-14-15(8-11)22-17(21-14)12-4-2-3-5-13(12)19/h2-8,10H,9H2,1H3,(H,21,22)(H,23,24). The number of imidazole rings is 1. The normalized spacial score (nSPS) is 20.3. The van der Waals surface area contributed by atoms with Crippen LogP contribution in [-0.4, -0.2) is 22.1 Å². The van der Waals surface area contributed by atoms with Crippen molar-refractivity contribution >= 4 is 23.2 Å². The van der Waals surface area contributed by atoms with Crippen molar-refractivity contribution in [3.05, 3.63) is 53.8 Å². The molecule has 1 atom stereocenters. The predicted octanol–water partition coefficient (Wildman–Crippen LogP) is 3.13. The minimum atomic E-state index is -0.472. The molecule has 2 aromatic carbocycles. The molecule has 120 valence electrons. The van der Waals surface area contributed by atoms with E-state index in [9.17, 15) is 9.18 Å². The molecule has 6 heteroatoms. The molecule has 4 rings (SSSR count). The Hall–Kier alpha value is -3.02. The van der Waals surface area contributed by atoms with Crippen molar-refractivity contribution < 1.29 is 9.18 Å². The van der Waals surface area contributed by atoms with Crippen LogP contribution in [0.1, 0.15) is 18.9 Å². The second kappa shape index (κ2) is 5.26. The molecule has 0 saturated heterocycles. The Balaban J connectivity index is 1.80. The zero-order chi connectivity index (χ0) is 16.7. The van der Waals surface area contributed by atoms with Crippen LogP contribution in [0.3, 0.4) is 0 Å². The maximum absolute atomic E-state index is 14.0. The average Bonchev–Trinajstić information content (AvgIpc) is 2.98. The zero-order valence-corrected chi connectivity index (χ0v) is 13.0. The van der Waals surface area contributed by atoms with Crippen molar-refractivity contribution in [3.63, 3.8) is 0 Å². The van der Waals surface area contributed by atoms with Crippen molar-refractivity contribution in [3.8, 4) is 11.4 Å². The molecule has 0 bridgehead atoms. The lowest BCUT2D eigenvalue weighted by Gasteiger charge is -2.27. The summed E-state index contributed by atoms with van der Waals surface area (Å²) in [6, 6.07) is 12.3. The van der Waals surface area contributed by atoms with Crippen LogP contribution in [0, 0.1) is 5.82 Å². The molecule has 1 unspecified atom stereocenters. The lowest BCUT2D eigenvalue weighted by molar-refractivity contribution is -0.122. The Bertz CT molecular complexity index is 978. The van der Waals surface area contributed by atoms with Gasteiger partial charge >= 0.3 is 0 Å². The van der Waals surface area contributed by atoms with Gasteiger partial charge in [-0.2, -0.15) is 5.10 Å². The number of aromatic amines is 1. The molecule has 2 N–H and O–H groups in total. The first-order chi connectivity index (χ1) is 11.5. The maximum Gasteiger partial charge on any atom is 0.241 e. The van der Waals surface area contributed by atoms with Gasteiger partial charge in [0, 0.05) is 18.1 Å². The smallest absolute Gasteiger partial charge is 0.241 e. The molecular formula is C18H15FN4O. The number of aromatic nitrogens is 2. The molecule has 24 heavy (non-hydrogen) atoms. The number of hydrogen-bond acceptors (Lipinski definition) is 3. The number of H-pyrrole nitrogens is 1. The molecular weight excluding hydrogens is 307 g/mol. The highest BCUT2D eigenvalue weighted by atomic mass is 19.1. The first-order valence-corrected chi connectivity index (χ1v) is 7.63. The van der Waals surface area contributed by atoms with Crippen LogP contribution in [0.2, 0.25) is 0 Å². The number of fused-ring (bicyclic) bond motifs is 1. The minimum absolute atomic E-state index is 0.114. The van der Waals surface area contributed by atoms with E-state index in [-0.39, 0.29) is 11.7 Å². The highest BCUT2D eigenvalue weighted by molar-refractivity contribution is 5.90. The van der Waals surface area contributed by atoms with Crippen molar-refractivity contribution in [2.45, 2.75) is 18.8 Å². The Kier molecular flexibility index (Phi) is 3.19. The molecule has 1 aliphatic rings. The van der Waals surface area contributed by atoms with Crippen LogP contribution in [-0.2, 0) is 10.2 Å². The number of nitrogens with zero attached hydrogens (tertiary/aromatic N) is 2. The van der Waals surface area contributed by atoms with Gasteiger partial charge in [-0.05, 0) is 36.8 Å². The summed E-state index contributed by atoms with van der Waals surface area (Å²) in [4.78, 5) is 19.3. The fraction of sp³-hybridized carbons (Fsp3) is 0.167. The van der Waals surface area contributed by atoms with Gasteiger partial charge in [0.15, 0.2) is 0 Å². The Morgan fingerprint density at radius 1 is 1.21 bits per heavy atom. The molecule has 0 radical (unpaired) electrons. The maximum atomic E-state index is 14.0. The van der Waals surface area contributed by atoms with Crippen molar-refractivity contribution in [1.29, 1.82) is 0 Å². The summed E-state index contributed by atoms with van der Waals surface area (Å²) in [7, 11) is 0. The number of hydrazone groups is 1. The summed E-state index contributed by atoms with van der Waals surface area (Å²) in [5.41, 5.74) is 4.90. The van der Waals surface area contributed by atoms with E-state index >= 15 is 0 Å². The number of halogens is 1. The molecule has 5 nitrogen and oxygen atoms in total. The third-order valence-corrected chi connectivity index (χ3v) is 4.34. The monoisotopic (exact) mass is 322 g/mol. The quantitative estimate of drug-likeness (QED) is 0.761. The molecule has 1 aromatic heterocycles. The van der Waals surface area contributed by atoms with Gasteiger partial charge in [-0.3, -0.25) is 4.79 Å². The van der Waals surface area contributed by atoms with Crippen LogP contribution < -0.4 is 5.43 Å². The molecule has 0 saturated carbocycles. The summed E-state index contributed by atoms with van der Waals surface area (Å²) < 4.78 is 14.0. The van der Waals surface area contributed by atoms with Gasteiger partial charge in [-0.15, -0.1) is 0 Å². The van der Waals surface area contributed by atoms with E-state index in [2.05, 4.69) is 20.5 Å². The molecule has 2 heterocycles. The van der Waals surface area contributed by atoms with Gasteiger partial charge in [-0.25, -0.2) is 14.8 Å². The molecule has 0 fully saturated rings. The topological polar surface area (TPSA) is 70.1 Å². The van der Waals surface area contributed by atoms with E-state index in [0.717, 1.165) is 16.6 Å². The Morgan fingerprint density at radius 3 is 2.83 bits per heavy atom. The van der Waals surface area contributed by atoms with E-state index < -0.39 is 5.41 Å². The number of carbonyl (C=O) groups is 1. The van der Waals surface area contributed by atoms with Gasteiger partial charge in [0.05, 0.1) is 16.6 Å². The van der Waals surface area contributed by atoms with Crippen molar-refractivity contribution in [1.82, 2.24) is 15.4 Å². The molecule has 1 aliphatic heterocycles. The first kappa shape index (κ1) is 14.6. The molecule has 0 aliphatic carbocycles. The van der Waals surface area contributed by atoms with Crippen molar-refractivity contribution in [2.24, 2.45) is 5.10 Å². The SMILES string of the molecule is CC1(c2ccc3nc(-c4ccccc4F)[nH]c3c2)C=NNC(=O)C1. The fourth-order valence-corrected chi connectivity index (χ4v) is 2.99. The van der Waals surface area contributed by atoms with Gasteiger partial charge in [0.2, 0.25) is 5.91 Å². The number of amides is 1. The minimum Gasteiger partial charge on any atom is -0.338 e. The van der Waals surface area contributed by atoms with E-state index in [1.807, 2.05) is 25.1 Å². The first-order valence-electron chi connectivity index (χ1n) is 7.63. The van der Waals surface area contributed by atoms with E-state index in [1.54, 1.807) is 24.4 Å². The summed E-state index contributed by atoms with van der Waals surface area (Å²) in [5, 5.41) is 3.93. The summed E-state index contributed by atoms with van der Waals surface area (Å²) >= 11 is 0. The van der Waals surface area contributed by atoms with E-state index in [1.165, 1.54) is 6.07 Å². The van der Waals surface area contributed by atoms with Gasteiger partial charge in [0.25, 0.3) is 0 Å². The number of carbonyl (C=O) groups excluding carboxylic acids is 1. The van der Waals surface area contributed by atoms with E-state index in [0.29, 0.717) is 17.8 Å². The Morgan fingerprint density at radius 2 is 2.04 bits per heavy atom. The number of hydrogen-bond donors (Lipinski definition) is 2. The largest absolute Gasteiger partial charge is 0.338 e. The second-order valence-corrected chi connectivity index (χ2v) is 6.18. The van der Waals surface area contributed by atoms with Crippen LogP contribution in [0.4, 0.5) is 4.39 Å². The molecule has 1 amide bonds. The predicted molar refractivity (Wildman–Crippen MR) is 90.1 cm³/mol. The lowest BCUT2D eigenvalue weighted by Crippen LogP contribution is -2.37. The Labute approximate surface area is 137 Å². The summed E-state index contributed by atoms with van der Waals surface area (Å²) in [6.07, 6.45) is 2.07. The zero-order valence-electron chi connectivity index (χ0n) is 13.0. The second-order valence-electron chi connectivity index (χ2n) is 6.18. The fourth-order valence-electron chi connectivity index (χ4n) is 2.99. The number of benzene rings is 2. The highest BCUT2D eigenvalue weighted by Crippen LogP contribution is 2.31. The number of nitrogens with one attached hydrogen (secondary N) is 2. The number of rotatable bonds is 2. The third-order valence-electron chi connectivity index (χ3n) is 4.34. The van der Waals surface area contributed by atoms with Gasteiger partial charge in [0.1, 0.15) is 11.6 Å². The average molecular weight is 322 g/mol. The van der Waals surface area contributed by atoms with Gasteiger partial charge in [-0.1, -0.05) is 18.2 Å². The van der Waals surface area contributed by atoms with Crippen LogP contribution in [0.15, 0.2) is 47.6 Å². The molecule has 3 aromatic rings. The van der Waals surface area contributed by atoms with Crippen molar-refractivity contribution in [2.75, 3.05) is 0 Å². The van der Waals surface area contributed by atoms with Crippen LogP contribution in [0.5, 0.6) is 0 Å².